The molecule has 0 radical (unpaired) electrons. The SMILES string of the molecule is CC[C@@]12C=CCN(C(=O)OC)[C@@H]1c1c([nH]c3ccccc13)CC2. The third kappa shape index (κ3) is 1.94. The number of benzene rings is 1. The van der Waals surface area contributed by atoms with E-state index >= 15 is 0 Å². The monoisotopic (exact) mass is 310 g/mol. The van der Waals surface area contributed by atoms with Gasteiger partial charge in [-0.15, -0.1) is 0 Å². The molecule has 0 fully saturated rings. The third-order valence-electron chi connectivity index (χ3n) is 5.62. The minimum absolute atomic E-state index is 0.00437. The Balaban J connectivity index is 1.96. The smallest absolute Gasteiger partial charge is 0.410 e. The van der Waals surface area contributed by atoms with Gasteiger partial charge in [0.05, 0.1) is 13.2 Å². The second kappa shape index (κ2) is 5.15. The maximum Gasteiger partial charge on any atom is 0.410 e. The number of nitrogens with one attached hydrogen (secondary N) is 1. The molecule has 1 aromatic carbocycles. The summed E-state index contributed by atoms with van der Waals surface area (Å²) in [5.74, 6) is 0. The minimum atomic E-state index is -0.240. The van der Waals surface area contributed by atoms with E-state index in [-0.39, 0.29) is 17.6 Å². The third-order valence-corrected chi connectivity index (χ3v) is 5.62. The van der Waals surface area contributed by atoms with Gasteiger partial charge in [0.15, 0.2) is 0 Å². The first-order chi connectivity index (χ1) is 11.2. The highest BCUT2D eigenvalue weighted by Gasteiger charge is 2.48. The number of carbonyl (C=O) groups excluding carboxylic acids is 1. The average molecular weight is 310 g/mol. The molecule has 120 valence electrons. The maximum atomic E-state index is 12.4. The Hall–Kier alpha value is -2.23. The van der Waals surface area contributed by atoms with Crippen LogP contribution < -0.4 is 0 Å². The predicted octanol–water partition coefficient (Wildman–Crippen LogP) is 4.19. The lowest BCUT2D eigenvalue weighted by atomic mass is 9.65. The number of carbonyl (C=O) groups is 1. The first-order valence-electron chi connectivity index (χ1n) is 8.32. The van der Waals surface area contributed by atoms with Gasteiger partial charge in [-0.2, -0.15) is 0 Å². The Morgan fingerprint density at radius 2 is 2.26 bits per heavy atom. The van der Waals surface area contributed by atoms with Gasteiger partial charge in [0.25, 0.3) is 0 Å². The number of methoxy groups -OCH3 is 1. The molecule has 0 unspecified atom stereocenters. The molecule has 1 amide bonds. The van der Waals surface area contributed by atoms with E-state index < -0.39 is 0 Å². The number of H-pyrrole nitrogens is 1. The molecule has 1 N–H and O–H groups in total. The summed E-state index contributed by atoms with van der Waals surface area (Å²) >= 11 is 0. The van der Waals surface area contributed by atoms with Crippen molar-refractivity contribution in [1.82, 2.24) is 9.88 Å². The fraction of sp³-hybridized carbons (Fsp3) is 0.421. The number of hydrogen-bond donors (Lipinski definition) is 1. The van der Waals surface area contributed by atoms with Gasteiger partial charge >= 0.3 is 6.09 Å². The Bertz CT molecular complexity index is 792. The highest BCUT2D eigenvalue weighted by molar-refractivity contribution is 5.86. The summed E-state index contributed by atoms with van der Waals surface area (Å²) in [5.41, 5.74) is 3.71. The molecule has 1 aliphatic carbocycles. The summed E-state index contributed by atoms with van der Waals surface area (Å²) in [6.45, 7) is 2.83. The topological polar surface area (TPSA) is 45.3 Å². The molecule has 0 saturated carbocycles. The lowest BCUT2D eigenvalue weighted by Crippen LogP contribution is -2.48. The van der Waals surface area contributed by atoms with Crippen molar-refractivity contribution in [3.05, 3.63) is 47.7 Å². The number of hydrogen-bond acceptors (Lipinski definition) is 2. The van der Waals surface area contributed by atoms with Crippen LogP contribution in [-0.4, -0.2) is 29.6 Å². The van der Waals surface area contributed by atoms with Crippen LogP contribution in [0.2, 0.25) is 0 Å². The van der Waals surface area contributed by atoms with E-state index in [4.69, 9.17) is 4.74 Å². The first-order valence-corrected chi connectivity index (χ1v) is 8.32. The zero-order valence-corrected chi connectivity index (χ0v) is 13.6. The summed E-state index contributed by atoms with van der Waals surface area (Å²) in [5, 5.41) is 1.23. The summed E-state index contributed by atoms with van der Waals surface area (Å²) < 4.78 is 5.07. The number of amides is 1. The lowest BCUT2D eigenvalue weighted by molar-refractivity contribution is 0.0558. The molecule has 0 bridgehead atoms. The fourth-order valence-electron chi connectivity index (χ4n) is 4.44. The van der Waals surface area contributed by atoms with Crippen LogP contribution in [0.1, 0.15) is 37.1 Å². The fourth-order valence-corrected chi connectivity index (χ4v) is 4.44. The van der Waals surface area contributed by atoms with Crippen molar-refractivity contribution in [2.45, 2.75) is 32.2 Å². The molecule has 2 aliphatic rings. The predicted molar refractivity (Wildman–Crippen MR) is 90.3 cm³/mol. The van der Waals surface area contributed by atoms with E-state index in [9.17, 15) is 4.79 Å². The van der Waals surface area contributed by atoms with Crippen LogP contribution in [0.25, 0.3) is 10.9 Å². The Labute approximate surface area is 136 Å². The van der Waals surface area contributed by atoms with Crippen LogP contribution in [0.15, 0.2) is 36.4 Å². The van der Waals surface area contributed by atoms with Crippen molar-refractivity contribution in [3.63, 3.8) is 0 Å². The van der Waals surface area contributed by atoms with Crippen LogP contribution in [0.3, 0.4) is 0 Å². The largest absolute Gasteiger partial charge is 0.453 e. The summed E-state index contributed by atoms with van der Waals surface area (Å²) in [6, 6.07) is 8.44. The molecule has 2 heterocycles. The van der Waals surface area contributed by atoms with Crippen LogP contribution in [0.5, 0.6) is 0 Å². The maximum absolute atomic E-state index is 12.4. The first kappa shape index (κ1) is 14.4. The van der Waals surface area contributed by atoms with Crippen molar-refractivity contribution in [1.29, 1.82) is 0 Å². The van der Waals surface area contributed by atoms with Gasteiger partial charge in [-0.05, 0) is 25.3 Å². The quantitative estimate of drug-likeness (QED) is 0.803. The zero-order chi connectivity index (χ0) is 16.0. The van der Waals surface area contributed by atoms with Crippen molar-refractivity contribution in [2.24, 2.45) is 5.41 Å². The number of aryl methyl sites for hydroxylation is 1. The van der Waals surface area contributed by atoms with Gasteiger partial charge in [0.2, 0.25) is 0 Å². The molecule has 23 heavy (non-hydrogen) atoms. The molecule has 4 heteroatoms. The molecular formula is C19H22N2O2. The summed E-state index contributed by atoms with van der Waals surface area (Å²) in [4.78, 5) is 17.9. The number of para-hydroxylation sites is 1. The minimum Gasteiger partial charge on any atom is -0.453 e. The van der Waals surface area contributed by atoms with Gasteiger partial charge in [0.1, 0.15) is 0 Å². The van der Waals surface area contributed by atoms with Gasteiger partial charge in [0, 0.05) is 34.1 Å². The number of aromatic amines is 1. The zero-order valence-electron chi connectivity index (χ0n) is 13.6. The van der Waals surface area contributed by atoms with Crippen LogP contribution in [-0.2, 0) is 11.2 Å². The van der Waals surface area contributed by atoms with E-state index in [1.165, 1.54) is 23.8 Å². The van der Waals surface area contributed by atoms with Crippen molar-refractivity contribution >= 4 is 17.0 Å². The molecule has 2 aromatic rings. The number of ether oxygens (including phenoxy) is 1. The second-order valence-electron chi connectivity index (χ2n) is 6.58. The van der Waals surface area contributed by atoms with Crippen LogP contribution in [0.4, 0.5) is 4.79 Å². The molecule has 1 aromatic heterocycles. The Kier molecular flexibility index (Phi) is 3.22. The Morgan fingerprint density at radius 1 is 1.43 bits per heavy atom. The Morgan fingerprint density at radius 3 is 3.04 bits per heavy atom. The molecule has 1 aliphatic heterocycles. The van der Waals surface area contributed by atoms with Crippen molar-refractivity contribution in [3.8, 4) is 0 Å². The van der Waals surface area contributed by atoms with E-state index in [2.05, 4.69) is 48.3 Å². The lowest BCUT2D eigenvalue weighted by Gasteiger charge is -2.49. The molecule has 0 spiro atoms. The van der Waals surface area contributed by atoms with Crippen molar-refractivity contribution < 1.29 is 9.53 Å². The molecular weight excluding hydrogens is 288 g/mol. The van der Waals surface area contributed by atoms with Crippen LogP contribution >= 0.6 is 0 Å². The van der Waals surface area contributed by atoms with E-state index in [1.807, 2.05) is 4.90 Å². The van der Waals surface area contributed by atoms with Gasteiger partial charge < -0.3 is 9.72 Å². The number of rotatable bonds is 1. The standard InChI is InChI=1S/C19H22N2O2/c1-3-19-10-6-12-21(18(22)23-2)17(19)16-13-7-4-5-8-14(13)20-15(16)9-11-19/h4-8,10,17,20H,3,9,11-12H2,1-2H3/t17-,19+/m1/s1. The second-order valence-corrected chi connectivity index (χ2v) is 6.58. The van der Waals surface area contributed by atoms with Gasteiger partial charge in [-0.1, -0.05) is 37.3 Å². The molecule has 4 nitrogen and oxygen atoms in total. The molecule has 0 saturated heterocycles. The average Bonchev–Trinajstić information content (AvgIpc) is 2.98. The number of aromatic nitrogens is 1. The van der Waals surface area contributed by atoms with Crippen molar-refractivity contribution in [2.75, 3.05) is 13.7 Å². The highest BCUT2D eigenvalue weighted by Crippen LogP contribution is 2.54. The van der Waals surface area contributed by atoms with Crippen LogP contribution in [0, 0.1) is 5.41 Å². The van der Waals surface area contributed by atoms with Gasteiger partial charge in [-0.25, -0.2) is 4.79 Å². The number of nitrogens with zero attached hydrogens (tertiary/aromatic N) is 1. The number of fused-ring (bicyclic) bond motifs is 5. The molecule has 2 atom stereocenters. The highest BCUT2D eigenvalue weighted by atomic mass is 16.5. The molecule has 4 rings (SSSR count). The van der Waals surface area contributed by atoms with Gasteiger partial charge in [-0.3, -0.25) is 4.90 Å². The van der Waals surface area contributed by atoms with E-state index in [0.29, 0.717) is 6.54 Å². The normalized spacial score (nSPS) is 26.0. The summed E-state index contributed by atoms with van der Waals surface area (Å²) in [6.07, 6.45) is 7.31. The van der Waals surface area contributed by atoms with E-state index in [1.54, 1.807) is 0 Å². The summed E-state index contributed by atoms with van der Waals surface area (Å²) in [7, 11) is 1.47. The van der Waals surface area contributed by atoms with E-state index in [0.717, 1.165) is 24.8 Å².